The third-order valence-electron chi connectivity index (χ3n) is 4.26. The van der Waals surface area contributed by atoms with Crippen molar-refractivity contribution in [2.45, 2.75) is 37.5 Å². The molecule has 21 heavy (non-hydrogen) atoms. The van der Waals surface area contributed by atoms with Crippen LogP contribution in [0.15, 0.2) is 27.6 Å². The summed E-state index contributed by atoms with van der Waals surface area (Å²) in [5.41, 5.74) is 0. The Morgan fingerprint density at radius 2 is 2.05 bits per heavy atom. The molecule has 0 saturated heterocycles. The van der Waals surface area contributed by atoms with Crippen molar-refractivity contribution in [1.29, 1.82) is 0 Å². The lowest BCUT2D eigenvalue weighted by Gasteiger charge is -2.28. The minimum absolute atomic E-state index is 0.263. The molecule has 1 fully saturated rings. The number of sulfonamides is 1. The van der Waals surface area contributed by atoms with E-state index in [1.165, 1.54) is 19.3 Å². The van der Waals surface area contributed by atoms with Gasteiger partial charge in [0.05, 0.1) is 16.5 Å². The lowest BCUT2D eigenvalue weighted by atomic mass is 9.81. The maximum absolute atomic E-state index is 12.4. The van der Waals surface area contributed by atoms with Gasteiger partial charge in [0.1, 0.15) is 5.75 Å². The molecule has 0 aromatic heterocycles. The Hall–Kier alpha value is -0.590. The van der Waals surface area contributed by atoms with Crippen LogP contribution in [0.5, 0.6) is 5.75 Å². The summed E-state index contributed by atoms with van der Waals surface area (Å²) in [6.45, 7) is 2.73. The summed E-state index contributed by atoms with van der Waals surface area (Å²) >= 11 is 3.32. The summed E-state index contributed by atoms with van der Waals surface area (Å²) in [6.07, 6.45) is 4.76. The molecule has 1 aromatic carbocycles. The van der Waals surface area contributed by atoms with E-state index in [-0.39, 0.29) is 4.90 Å². The van der Waals surface area contributed by atoms with E-state index in [9.17, 15) is 8.42 Å². The molecule has 6 heteroatoms. The second-order valence-corrected chi connectivity index (χ2v) is 8.29. The highest BCUT2D eigenvalue weighted by Gasteiger charge is 2.24. The second-order valence-electron chi connectivity index (χ2n) is 5.67. The molecule has 0 amide bonds. The molecule has 1 saturated carbocycles. The van der Waals surface area contributed by atoms with Gasteiger partial charge < -0.3 is 4.74 Å². The first-order chi connectivity index (χ1) is 9.94. The van der Waals surface area contributed by atoms with Gasteiger partial charge in [0, 0.05) is 6.54 Å². The molecule has 0 aliphatic heterocycles. The molecule has 1 aliphatic carbocycles. The van der Waals surface area contributed by atoms with Crippen molar-refractivity contribution in [3.05, 3.63) is 22.7 Å². The average molecular weight is 376 g/mol. The van der Waals surface area contributed by atoms with Crippen LogP contribution in [0.3, 0.4) is 0 Å². The summed E-state index contributed by atoms with van der Waals surface area (Å²) in [4.78, 5) is 0.263. The van der Waals surface area contributed by atoms with Crippen molar-refractivity contribution in [2.24, 2.45) is 11.8 Å². The molecule has 0 bridgehead atoms. The Balaban J connectivity index is 2.06. The summed E-state index contributed by atoms with van der Waals surface area (Å²) in [6, 6.07) is 4.80. The molecular formula is C15H22BrNO3S. The van der Waals surface area contributed by atoms with E-state index in [0.717, 1.165) is 6.42 Å². The van der Waals surface area contributed by atoms with Crippen LogP contribution in [-0.2, 0) is 10.0 Å². The summed E-state index contributed by atoms with van der Waals surface area (Å²) < 4.78 is 33.2. The van der Waals surface area contributed by atoms with E-state index in [1.54, 1.807) is 25.3 Å². The van der Waals surface area contributed by atoms with Crippen molar-refractivity contribution < 1.29 is 13.2 Å². The number of hydrogen-bond donors (Lipinski definition) is 1. The van der Waals surface area contributed by atoms with Crippen LogP contribution in [0.2, 0.25) is 0 Å². The van der Waals surface area contributed by atoms with Crippen molar-refractivity contribution >= 4 is 26.0 Å². The minimum Gasteiger partial charge on any atom is -0.496 e. The predicted molar refractivity (Wildman–Crippen MR) is 87.0 cm³/mol. The first-order valence-corrected chi connectivity index (χ1v) is 9.55. The maximum atomic E-state index is 12.4. The van der Waals surface area contributed by atoms with Crippen molar-refractivity contribution in [3.63, 3.8) is 0 Å². The van der Waals surface area contributed by atoms with Gasteiger partial charge >= 0.3 is 0 Å². The quantitative estimate of drug-likeness (QED) is 0.855. The van der Waals surface area contributed by atoms with Crippen molar-refractivity contribution in [1.82, 2.24) is 4.72 Å². The summed E-state index contributed by atoms with van der Waals surface area (Å²) in [5, 5.41) is 0. The van der Waals surface area contributed by atoms with Crippen LogP contribution in [-0.4, -0.2) is 22.1 Å². The minimum atomic E-state index is -3.47. The molecule has 2 rings (SSSR count). The molecule has 0 spiro atoms. The van der Waals surface area contributed by atoms with Gasteiger partial charge in [0.15, 0.2) is 0 Å². The van der Waals surface area contributed by atoms with Crippen LogP contribution in [0.4, 0.5) is 0 Å². The molecule has 0 radical (unpaired) electrons. The normalized spacial score (nSPS) is 23.0. The highest BCUT2D eigenvalue weighted by atomic mass is 79.9. The van der Waals surface area contributed by atoms with Gasteiger partial charge in [-0.2, -0.15) is 0 Å². The Morgan fingerprint density at radius 3 is 2.67 bits per heavy atom. The Labute approximate surface area is 135 Å². The molecular weight excluding hydrogens is 354 g/mol. The standard InChI is InChI=1S/C15H22BrNO3S/c1-11-5-3-4-6-12(11)10-17-21(18,19)13-7-8-15(20-2)14(16)9-13/h7-9,11-12,17H,3-6,10H2,1-2H3. The van der Waals surface area contributed by atoms with E-state index in [1.807, 2.05) is 0 Å². The third-order valence-corrected chi connectivity index (χ3v) is 6.30. The first kappa shape index (κ1) is 16.8. The fourth-order valence-corrected chi connectivity index (χ4v) is 4.62. The van der Waals surface area contributed by atoms with E-state index < -0.39 is 10.0 Å². The van der Waals surface area contributed by atoms with Gasteiger partial charge in [0.25, 0.3) is 0 Å². The number of hydrogen-bond acceptors (Lipinski definition) is 3. The average Bonchev–Trinajstić information content (AvgIpc) is 2.46. The fourth-order valence-electron chi connectivity index (χ4n) is 2.81. The molecule has 1 aromatic rings. The second kappa shape index (κ2) is 7.11. The first-order valence-electron chi connectivity index (χ1n) is 7.27. The predicted octanol–water partition coefficient (Wildman–Crippen LogP) is 3.56. The molecule has 1 aliphatic rings. The van der Waals surface area contributed by atoms with Crippen molar-refractivity contribution in [2.75, 3.05) is 13.7 Å². The monoisotopic (exact) mass is 375 g/mol. The van der Waals surface area contributed by atoms with Crippen LogP contribution < -0.4 is 9.46 Å². The van der Waals surface area contributed by atoms with E-state index >= 15 is 0 Å². The number of ether oxygens (including phenoxy) is 1. The zero-order valence-corrected chi connectivity index (χ0v) is 14.8. The zero-order valence-electron chi connectivity index (χ0n) is 12.4. The highest BCUT2D eigenvalue weighted by Crippen LogP contribution is 2.30. The van der Waals surface area contributed by atoms with Gasteiger partial charge in [-0.1, -0.05) is 26.2 Å². The van der Waals surface area contributed by atoms with Crippen LogP contribution in [0.25, 0.3) is 0 Å². The Bertz CT molecular complexity index is 589. The molecule has 118 valence electrons. The Kier molecular flexibility index (Phi) is 5.68. The Morgan fingerprint density at radius 1 is 1.33 bits per heavy atom. The van der Waals surface area contributed by atoms with E-state index in [0.29, 0.717) is 28.6 Å². The summed E-state index contributed by atoms with van der Waals surface area (Å²) in [7, 11) is -1.91. The lowest BCUT2D eigenvalue weighted by molar-refractivity contribution is 0.257. The van der Waals surface area contributed by atoms with Gasteiger partial charge in [0.2, 0.25) is 10.0 Å². The van der Waals surface area contributed by atoms with Gasteiger partial charge in [-0.3, -0.25) is 0 Å². The van der Waals surface area contributed by atoms with Gasteiger partial charge in [-0.05, 0) is 52.4 Å². The van der Waals surface area contributed by atoms with Gasteiger partial charge in [-0.25, -0.2) is 13.1 Å². The van der Waals surface area contributed by atoms with Gasteiger partial charge in [-0.15, -0.1) is 0 Å². The number of halogens is 1. The molecule has 0 heterocycles. The third kappa shape index (κ3) is 4.20. The topological polar surface area (TPSA) is 55.4 Å². The molecule has 4 nitrogen and oxygen atoms in total. The molecule has 2 unspecified atom stereocenters. The van der Waals surface area contributed by atoms with E-state index in [4.69, 9.17) is 4.74 Å². The maximum Gasteiger partial charge on any atom is 0.240 e. The van der Waals surface area contributed by atoms with E-state index in [2.05, 4.69) is 27.6 Å². The van der Waals surface area contributed by atoms with Crippen LogP contribution in [0.1, 0.15) is 32.6 Å². The highest BCUT2D eigenvalue weighted by molar-refractivity contribution is 9.10. The fraction of sp³-hybridized carbons (Fsp3) is 0.600. The lowest BCUT2D eigenvalue weighted by Crippen LogP contribution is -2.33. The largest absolute Gasteiger partial charge is 0.496 e. The van der Waals surface area contributed by atoms with Crippen LogP contribution >= 0.6 is 15.9 Å². The van der Waals surface area contributed by atoms with Crippen molar-refractivity contribution in [3.8, 4) is 5.75 Å². The molecule has 1 N–H and O–H groups in total. The molecule has 2 atom stereocenters. The number of methoxy groups -OCH3 is 1. The number of rotatable bonds is 5. The van der Waals surface area contributed by atoms with Crippen LogP contribution in [0, 0.1) is 11.8 Å². The zero-order chi connectivity index (χ0) is 15.5. The SMILES string of the molecule is COc1ccc(S(=O)(=O)NCC2CCCCC2C)cc1Br. The smallest absolute Gasteiger partial charge is 0.240 e. The summed E-state index contributed by atoms with van der Waals surface area (Å²) in [5.74, 6) is 1.65. The number of benzene rings is 1. The number of nitrogens with one attached hydrogen (secondary N) is 1.